The molecule has 1 unspecified atom stereocenters. The average Bonchev–Trinajstić information content (AvgIpc) is 2.91. The fourth-order valence-corrected chi connectivity index (χ4v) is 2.17. The van der Waals surface area contributed by atoms with Crippen molar-refractivity contribution < 1.29 is 0 Å². The van der Waals surface area contributed by atoms with Crippen LogP contribution in [0.15, 0.2) is 48.8 Å². The molecule has 1 heterocycles. The first-order valence-corrected chi connectivity index (χ1v) is 6.77. The number of nitrogens with one attached hydrogen (secondary N) is 1. The van der Waals surface area contributed by atoms with Crippen LogP contribution in [-0.2, 0) is 0 Å². The molecule has 2 rings (SSSR count). The molecular weight excluding hydrogens is 220 g/mol. The topological polar surface area (TPSA) is 17.0 Å². The van der Waals surface area contributed by atoms with Crippen LogP contribution in [-0.4, -0.2) is 11.1 Å². The summed E-state index contributed by atoms with van der Waals surface area (Å²) in [7, 11) is 0. The van der Waals surface area contributed by atoms with E-state index in [2.05, 4.69) is 60.4 Å². The zero-order valence-electron chi connectivity index (χ0n) is 11.3. The van der Waals surface area contributed by atoms with Gasteiger partial charge in [-0.15, -0.1) is 0 Å². The number of benzene rings is 1. The lowest BCUT2D eigenvalue weighted by atomic mass is 10.1. The standard InChI is InChI=1S/C16H22N2/c1-3-7-14(2)13-17-15-8-6-9-16(12-15)18-10-4-5-11-18/h4-6,8-12,14,17H,3,7,13H2,1-2H3. The van der Waals surface area contributed by atoms with E-state index in [1.165, 1.54) is 24.2 Å². The molecule has 96 valence electrons. The molecule has 0 radical (unpaired) electrons. The molecule has 1 atom stereocenters. The maximum Gasteiger partial charge on any atom is 0.0469 e. The van der Waals surface area contributed by atoms with Gasteiger partial charge in [-0.05, 0) is 42.7 Å². The maximum absolute atomic E-state index is 3.52. The lowest BCUT2D eigenvalue weighted by Crippen LogP contribution is -2.11. The summed E-state index contributed by atoms with van der Waals surface area (Å²) in [4.78, 5) is 0. The second-order valence-electron chi connectivity index (χ2n) is 4.92. The van der Waals surface area contributed by atoms with E-state index in [1.807, 2.05) is 12.1 Å². The third-order valence-electron chi connectivity index (χ3n) is 3.18. The van der Waals surface area contributed by atoms with Gasteiger partial charge in [-0.25, -0.2) is 0 Å². The first-order chi connectivity index (χ1) is 8.79. The van der Waals surface area contributed by atoms with Crippen molar-refractivity contribution in [3.05, 3.63) is 48.8 Å². The highest BCUT2D eigenvalue weighted by atomic mass is 14.9. The molecule has 1 aromatic heterocycles. The molecule has 2 heteroatoms. The minimum atomic E-state index is 0.727. The summed E-state index contributed by atoms with van der Waals surface area (Å²) in [5.41, 5.74) is 2.40. The smallest absolute Gasteiger partial charge is 0.0469 e. The van der Waals surface area contributed by atoms with E-state index >= 15 is 0 Å². The van der Waals surface area contributed by atoms with Crippen molar-refractivity contribution in [2.24, 2.45) is 5.92 Å². The zero-order chi connectivity index (χ0) is 12.8. The minimum Gasteiger partial charge on any atom is -0.385 e. The molecule has 0 aliphatic carbocycles. The Kier molecular flexibility index (Phi) is 4.46. The summed E-state index contributed by atoms with van der Waals surface area (Å²) in [5.74, 6) is 0.727. The molecule has 1 N–H and O–H groups in total. The van der Waals surface area contributed by atoms with E-state index in [-0.39, 0.29) is 0 Å². The Balaban J connectivity index is 2.00. The Bertz CT molecular complexity index is 460. The Hall–Kier alpha value is -1.70. The molecule has 0 saturated heterocycles. The number of aromatic nitrogens is 1. The van der Waals surface area contributed by atoms with E-state index in [9.17, 15) is 0 Å². The van der Waals surface area contributed by atoms with Crippen molar-refractivity contribution in [1.82, 2.24) is 4.57 Å². The summed E-state index contributed by atoms with van der Waals surface area (Å²) in [6, 6.07) is 12.6. The van der Waals surface area contributed by atoms with Crippen LogP contribution < -0.4 is 5.32 Å². The minimum absolute atomic E-state index is 0.727. The van der Waals surface area contributed by atoms with Gasteiger partial charge < -0.3 is 9.88 Å². The van der Waals surface area contributed by atoms with E-state index in [1.54, 1.807) is 0 Å². The molecule has 2 nitrogen and oxygen atoms in total. The number of hydrogen-bond acceptors (Lipinski definition) is 1. The van der Waals surface area contributed by atoms with Gasteiger partial charge in [-0.3, -0.25) is 0 Å². The van der Waals surface area contributed by atoms with Crippen LogP contribution in [0, 0.1) is 5.92 Å². The largest absolute Gasteiger partial charge is 0.385 e. The molecule has 2 aromatic rings. The van der Waals surface area contributed by atoms with Crippen molar-refractivity contribution in [2.75, 3.05) is 11.9 Å². The molecular formula is C16H22N2. The molecule has 0 aliphatic heterocycles. The molecule has 0 fully saturated rings. The Morgan fingerprint density at radius 1 is 1.17 bits per heavy atom. The SMILES string of the molecule is CCCC(C)CNc1cccc(-n2cccc2)c1. The Morgan fingerprint density at radius 2 is 1.94 bits per heavy atom. The fourth-order valence-electron chi connectivity index (χ4n) is 2.17. The summed E-state index contributed by atoms with van der Waals surface area (Å²) in [6.07, 6.45) is 6.67. The molecule has 0 spiro atoms. The summed E-state index contributed by atoms with van der Waals surface area (Å²) < 4.78 is 2.13. The van der Waals surface area contributed by atoms with Crippen LogP contribution in [0.3, 0.4) is 0 Å². The van der Waals surface area contributed by atoms with Crippen LogP contribution in [0.2, 0.25) is 0 Å². The predicted octanol–water partition coefficient (Wildman–Crippen LogP) is 4.33. The molecule has 18 heavy (non-hydrogen) atoms. The van der Waals surface area contributed by atoms with Gasteiger partial charge in [0.2, 0.25) is 0 Å². The van der Waals surface area contributed by atoms with Gasteiger partial charge in [0.1, 0.15) is 0 Å². The van der Waals surface area contributed by atoms with Crippen molar-refractivity contribution in [3.63, 3.8) is 0 Å². The van der Waals surface area contributed by atoms with E-state index in [4.69, 9.17) is 0 Å². The number of rotatable bonds is 6. The summed E-state index contributed by atoms with van der Waals surface area (Å²) >= 11 is 0. The highest BCUT2D eigenvalue weighted by molar-refractivity contribution is 5.51. The van der Waals surface area contributed by atoms with Gasteiger partial charge in [0.25, 0.3) is 0 Å². The normalized spacial score (nSPS) is 12.3. The molecule has 0 saturated carbocycles. The van der Waals surface area contributed by atoms with Gasteiger partial charge >= 0.3 is 0 Å². The van der Waals surface area contributed by atoms with Crippen LogP contribution in [0.1, 0.15) is 26.7 Å². The Labute approximate surface area is 110 Å². The van der Waals surface area contributed by atoms with Gasteiger partial charge in [-0.1, -0.05) is 26.3 Å². The molecule has 0 aliphatic rings. The van der Waals surface area contributed by atoms with Crippen LogP contribution in [0.5, 0.6) is 0 Å². The van der Waals surface area contributed by atoms with Crippen LogP contribution in [0.4, 0.5) is 5.69 Å². The molecule has 0 amide bonds. The molecule has 1 aromatic carbocycles. The van der Waals surface area contributed by atoms with Crippen molar-refractivity contribution in [1.29, 1.82) is 0 Å². The van der Waals surface area contributed by atoms with Crippen molar-refractivity contribution in [3.8, 4) is 5.69 Å². The van der Waals surface area contributed by atoms with Crippen molar-refractivity contribution >= 4 is 5.69 Å². The average molecular weight is 242 g/mol. The predicted molar refractivity (Wildman–Crippen MR) is 78.3 cm³/mol. The summed E-state index contributed by atoms with van der Waals surface area (Å²) in [5, 5.41) is 3.52. The number of nitrogens with zero attached hydrogens (tertiary/aromatic N) is 1. The van der Waals surface area contributed by atoms with Crippen LogP contribution in [0.25, 0.3) is 5.69 Å². The third-order valence-corrected chi connectivity index (χ3v) is 3.18. The first-order valence-electron chi connectivity index (χ1n) is 6.77. The van der Waals surface area contributed by atoms with E-state index in [0.29, 0.717) is 0 Å². The third kappa shape index (κ3) is 3.39. The monoisotopic (exact) mass is 242 g/mol. The van der Waals surface area contributed by atoms with Gasteiger partial charge in [0.15, 0.2) is 0 Å². The highest BCUT2D eigenvalue weighted by Gasteiger charge is 2.01. The Morgan fingerprint density at radius 3 is 2.67 bits per heavy atom. The van der Waals surface area contributed by atoms with E-state index in [0.717, 1.165) is 12.5 Å². The first kappa shape index (κ1) is 12.7. The number of anilines is 1. The fraction of sp³-hybridized carbons (Fsp3) is 0.375. The zero-order valence-corrected chi connectivity index (χ0v) is 11.3. The van der Waals surface area contributed by atoms with Crippen LogP contribution >= 0.6 is 0 Å². The lowest BCUT2D eigenvalue weighted by Gasteiger charge is -2.13. The van der Waals surface area contributed by atoms with Gasteiger partial charge in [-0.2, -0.15) is 0 Å². The van der Waals surface area contributed by atoms with Gasteiger partial charge in [0, 0.05) is 30.3 Å². The highest BCUT2D eigenvalue weighted by Crippen LogP contribution is 2.16. The second-order valence-corrected chi connectivity index (χ2v) is 4.92. The lowest BCUT2D eigenvalue weighted by molar-refractivity contribution is 0.551. The number of hydrogen-bond donors (Lipinski definition) is 1. The maximum atomic E-state index is 3.52. The van der Waals surface area contributed by atoms with E-state index < -0.39 is 0 Å². The second kappa shape index (κ2) is 6.29. The van der Waals surface area contributed by atoms with Gasteiger partial charge in [0.05, 0.1) is 0 Å². The quantitative estimate of drug-likeness (QED) is 0.798. The molecule has 0 bridgehead atoms. The van der Waals surface area contributed by atoms with Crippen molar-refractivity contribution in [2.45, 2.75) is 26.7 Å². The summed E-state index contributed by atoms with van der Waals surface area (Å²) in [6.45, 7) is 5.58.